The van der Waals surface area contributed by atoms with Crippen LogP contribution in [0.4, 0.5) is 0 Å². The highest BCUT2D eigenvalue weighted by Gasteiger charge is 2.29. The maximum absolute atomic E-state index is 11.4. The summed E-state index contributed by atoms with van der Waals surface area (Å²) in [6, 6.07) is 15.4. The number of nitrogens with one attached hydrogen (secondary N) is 1. The van der Waals surface area contributed by atoms with Crippen LogP contribution in [0.3, 0.4) is 0 Å². The van der Waals surface area contributed by atoms with Gasteiger partial charge < -0.3 is 4.57 Å². The number of amides is 1. The molecule has 5 rings (SSSR count). The first-order chi connectivity index (χ1) is 17.4. The Morgan fingerprint density at radius 3 is 2.83 bits per heavy atom. The Hall–Kier alpha value is -3.68. The number of aryl methyl sites for hydroxylation is 3. The molecule has 0 radical (unpaired) electrons. The quantitative estimate of drug-likeness (QED) is 0.220. The third kappa shape index (κ3) is 4.72. The second kappa shape index (κ2) is 10.1. The highest BCUT2D eigenvalue weighted by atomic mass is 16.5. The minimum absolute atomic E-state index is 0.327. The van der Waals surface area contributed by atoms with Gasteiger partial charge in [0.25, 0.3) is 5.91 Å². The molecule has 7 nitrogen and oxygen atoms in total. The summed E-state index contributed by atoms with van der Waals surface area (Å²) in [5.41, 5.74) is 10.4. The number of rotatable bonds is 8. The van der Waals surface area contributed by atoms with Crippen molar-refractivity contribution in [3.8, 4) is 0 Å². The Morgan fingerprint density at radius 2 is 2.06 bits per heavy atom. The van der Waals surface area contributed by atoms with Crippen molar-refractivity contribution in [3.63, 3.8) is 0 Å². The Bertz CT molecular complexity index is 1430. The molecular weight excluding hydrogens is 450 g/mol. The smallest absolute Gasteiger partial charge is 0.267 e. The fraction of sp³-hybridized carbons (Fsp3) is 0.310. The summed E-state index contributed by atoms with van der Waals surface area (Å²) in [5, 5.41) is 14.5. The number of hydroxylamine groups is 1. The minimum atomic E-state index is -0.528. The normalized spacial score (nSPS) is 15.3. The van der Waals surface area contributed by atoms with Gasteiger partial charge in [0.1, 0.15) is 0 Å². The number of fused-ring (bicyclic) bond motifs is 2. The molecule has 2 aromatic carbocycles. The fourth-order valence-electron chi connectivity index (χ4n) is 5.46. The zero-order chi connectivity index (χ0) is 25.2. The van der Waals surface area contributed by atoms with Crippen molar-refractivity contribution >= 4 is 22.9 Å². The average molecular weight is 484 g/mol. The van der Waals surface area contributed by atoms with Crippen LogP contribution in [0.1, 0.15) is 46.0 Å². The van der Waals surface area contributed by atoms with Crippen molar-refractivity contribution in [3.05, 3.63) is 94.4 Å². The predicted octanol–water partition coefficient (Wildman–Crippen LogP) is 4.47. The van der Waals surface area contributed by atoms with Gasteiger partial charge in [-0.3, -0.25) is 19.6 Å². The zero-order valence-electron chi connectivity index (χ0n) is 21.1. The van der Waals surface area contributed by atoms with E-state index in [2.05, 4.69) is 77.2 Å². The first kappa shape index (κ1) is 24.0. The molecule has 1 aliphatic carbocycles. The summed E-state index contributed by atoms with van der Waals surface area (Å²) in [6.45, 7) is 3.94. The maximum atomic E-state index is 11.4. The summed E-state index contributed by atoms with van der Waals surface area (Å²) in [7, 11) is 4.11. The van der Waals surface area contributed by atoms with E-state index in [0.717, 1.165) is 37.9 Å². The molecule has 0 saturated heterocycles. The molecule has 7 heteroatoms. The lowest BCUT2D eigenvalue weighted by molar-refractivity contribution is -0.124. The van der Waals surface area contributed by atoms with Crippen molar-refractivity contribution < 1.29 is 10.0 Å². The van der Waals surface area contributed by atoms with Crippen LogP contribution in [0.5, 0.6) is 0 Å². The molecule has 1 aliphatic rings. The number of benzene rings is 2. The maximum Gasteiger partial charge on any atom is 0.267 e. The van der Waals surface area contributed by atoms with E-state index in [0.29, 0.717) is 6.04 Å². The van der Waals surface area contributed by atoms with E-state index < -0.39 is 5.91 Å². The molecule has 2 aromatic heterocycles. The average Bonchev–Trinajstić information content (AvgIpc) is 3.56. The Morgan fingerprint density at radius 1 is 1.22 bits per heavy atom. The summed E-state index contributed by atoms with van der Waals surface area (Å²) >= 11 is 0. The van der Waals surface area contributed by atoms with Crippen LogP contribution in [0.2, 0.25) is 0 Å². The molecule has 0 bridgehead atoms. The van der Waals surface area contributed by atoms with Crippen molar-refractivity contribution in [2.24, 2.45) is 14.1 Å². The molecule has 186 valence electrons. The lowest BCUT2D eigenvalue weighted by Crippen LogP contribution is -2.29. The molecule has 0 spiro atoms. The van der Waals surface area contributed by atoms with E-state index in [1.54, 1.807) is 11.6 Å². The van der Waals surface area contributed by atoms with Gasteiger partial charge in [-0.25, -0.2) is 5.48 Å². The minimum Gasteiger partial charge on any atom is -0.350 e. The van der Waals surface area contributed by atoms with E-state index in [4.69, 9.17) is 5.21 Å². The summed E-state index contributed by atoms with van der Waals surface area (Å²) in [5.74, 6) is -0.528. The van der Waals surface area contributed by atoms with Crippen LogP contribution in [-0.2, 0) is 38.3 Å². The second-order valence-electron chi connectivity index (χ2n) is 9.70. The highest BCUT2D eigenvalue weighted by molar-refractivity contribution is 5.90. The lowest BCUT2D eigenvalue weighted by Gasteiger charge is -2.30. The number of carbonyl (C=O) groups is 1. The van der Waals surface area contributed by atoms with Crippen molar-refractivity contribution in [2.75, 3.05) is 6.54 Å². The molecule has 4 aromatic rings. The highest BCUT2D eigenvalue weighted by Crippen LogP contribution is 2.38. The predicted molar refractivity (Wildman–Crippen MR) is 141 cm³/mol. The van der Waals surface area contributed by atoms with Crippen molar-refractivity contribution in [1.29, 1.82) is 0 Å². The molecular formula is C29H33N5O2. The molecule has 1 amide bonds. The number of hydrogen-bond donors (Lipinski definition) is 2. The number of carbonyl (C=O) groups excluding carboxylic acids is 1. The Labute approximate surface area is 211 Å². The molecule has 0 aliphatic heterocycles. The first-order valence-electron chi connectivity index (χ1n) is 12.4. The van der Waals surface area contributed by atoms with E-state index in [9.17, 15) is 4.79 Å². The van der Waals surface area contributed by atoms with E-state index in [-0.39, 0.29) is 0 Å². The van der Waals surface area contributed by atoms with Gasteiger partial charge in [0.2, 0.25) is 0 Å². The van der Waals surface area contributed by atoms with Crippen LogP contribution in [0, 0.1) is 6.92 Å². The monoisotopic (exact) mass is 483 g/mol. The standard InChI is InChI=1S/C29H33N5O2/c1-20-24(17-30-33(20)3)19-34(15-14-23-18-32(2)27-7-5-4-6-25(23)27)28-12-10-22-16-21(8-11-26(22)28)9-13-29(35)31-36/h4-9,11,13,16-18,28,36H,10,12,14-15,19H2,1-3H3,(H,31,35). The van der Waals surface area contributed by atoms with Gasteiger partial charge in [-0.1, -0.05) is 36.4 Å². The SMILES string of the molecule is Cc1c(CN(CCc2cn(C)c3ccccc23)C2CCc3cc(C=CC(=O)NO)ccc32)cnn1C. The van der Waals surface area contributed by atoms with E-state index in [1.165, 1.54) is 44.9 Å². The van der Waals surface area contributed by atoms with Gasteiger partial charge in [0.05, 0.1) is 6.20 Å². The third-order valence-electron chi connectivity index (χ3n) is 7.55. The van der Waals surface area contributed by atoms with Crippen LogP contribution in [-0.4, -0.2) is 36.9 Å². The van der Waals surface area contributed by atoms with E-state index >= 15 is 0 Å². The number of nitrogens with zero attached hydrogens (tertiary/aromatic N) is 4. The Balaban J connectivity index is 1.42. The molecule has 1 unspecified atom stereocenters. The summed E-state index contributed by atoms with van der Waals surface area (Å²) < 4.78 is 4.17. The van der Waals surface area contributed by atoms with Crippen molar-refractivity contribution in [1.82, 2.24) is 24.7 Å². The topological polar surface area (TPSA) is 75.3 Å². The van der Waals surface area contributed by atoms with Crippen LogP contribution >= 0.6 is 0 Å². The number of aromatic nitrogens is 3. The van der Waals surface area contributed by atoms with Crippen molar-refractivity contribution in [2.45, 2.75) is 38.8 Å². The van der Waals surface area contributed by atoms with Crippen LogP contribution in [0.15, 0.2) is 60.9 Å². The van der Waals surface area contributed by atoms with E-state index in [1.807, 2.05) is 17.9 Å². The first-order valence-corrected chi connectivity index (χ1v) is 12.4. The van der Waals surface area contributed by atoms with Gasteiger partial charge in [-0.05, 0) is 60.6 Å². The summed E-state index contributed by atoms with van der Waals surface area (Å²) in [4.78, 5) is 14.0. The molecule has 0 fully saturated rings. The molecule has 1 atom stereocenters. The second-order valence-corrected chi connectivity index (χ2v) is 9.70. The van der Waals surface area contributed by atoms with Crippen LogP contribution < -0.4 is 5.48 Å². The molecule has 36 heavy (non-hydrogen) atoms. The largest absolute Gasteiger partial charge is 0.350 e. The van der Waals surface area contributed by atoms with Gasteiger partial charge in [0, 0.05) is 67.7 Å². The lowest BCUT2D eigenvalue weighted by atomic mass is 10.0. The van der Waals surface area contributed by atoms with Gasteiger partial charge in [-0.15, -0.1) is 0 Å². The zero-order valence-corrected chi connectivity index (χ0v) is 21.1. The van der Waals surface area contributed by atoms with Gasteiger partial charge >= 0.3 is 0 Å². The molecule has 2 heterocycles. The molecule has 0 saturated carbocycles. The van der Waals surface area contributed by atoms with Gasteiger partial charge in [-0.2, -0.15) is 5.10 Å². The summed E-state index contributed by atoms with van der Waals surface area (Å²) in [6.07, 6.45) is 10.4. The third-order valence-corrected chi connectivity index (χ3v) is 7.55. The fourth-order valence-corrected chi connectivity index (χ4v) is 5.46. The number of hydrogen-bond acceptors (Lipinski definition) is 4. The Kier molecular flexibility index (Phi) is 6.76. The van der Waals surface area contributed by atoms with Crippen LogP contribution in [0.25, 0.3) is 17.0 Å². The molecule has 2 N–H and O–H groups in total. The number of para-hydroxylation sites is 1. The van der Waals surface area contributed by atoms with Gasteiger partial charge in [0.15, 0.2) is 0 Å².